The molecule has 1 aliphatic rings. The SMILES string of the molecule is CCNc1nccc(N(CCO)C2CC2)n1. The van der Waals surface area contributed by atoms with Crippen LogP contribution in [0.3, 0.4) is 0 Å². The number of hydrogen-bond donors (Lipinski definition) is 2. The standard InChI is InChI=1S/C11H18N4O/c1-2-12-11-13-6-5-10(14-11)15(7-8-16)9-3-4-9/h5-6,9,16H,2-4,7-8H2,1H3,(H,12,13,14). The summed E-state index contributed by atoms with van der Waals surface area (Å²) in [6.07, 6.45) is 4.15. The summed E-state index contributed by atoms with van der Waals surface area (Å²) in [5.74, 6) is 1.56. The third kappa shape index (κ3) is 2.61. The number of aromatic nitrogens is 2. The van der Waals surface area contributed by atoms with Gasteiger partial charge in [-0.05, 0) is 25.8 Å². The molecule has 5 heteroatoms. The second-order valence-electron chi connectivity index (χ2n) is 3.92. The largest absolute Gasteiger partial charge is 0.395 e. The molecular weight excluding hydrogens is 204 g/mol. The van der Waals surface area contributed by atoms with Crippen molar-refractivity contribution >= 4 is 11.8 Å². The Kier molecular flexibility index (Phi) is 3.56. The molecule has 1 aromatic heterocycles. The molecule has 0 aliphatic heterocycles. The van der Waals surface area contributed by atoms with E-state index in [1.54, 1.807) is 6.20 Å². The first kappa shape index (κ1) is 11.1. The lowest BCUT2D eigenvalue weighted by molar-refractivity contribution is 0.301. The summed E-state index contributed by atoms with van der Waals surface area (Å²) < 4.78 is 0. The normalized spacial score (nSPS) is 14.9. The molecule has 0 atom stereocenters. The van der Waals surface area contributed by atoms with E-state index >= 15 is 0 Å². The average Bonchev–Trinajstić information content (AvgIpc) is 3.11. The van der Waals surface area contributed by atoms with Crippen molar-refractivity contribution in [3.05, 3.63) is 12.3 Å². The minimum atomic E-state index is 0.164. The van der Waals surface area contributed by atoms with Gasteiger partial charge in [0.05, 0.1) is 6.61 Å². The Morgan fingerprint density at radius 2 is 2.38 bits per heavy atom. The van der Waals surface area contributed by atoms with E-state index in [9.17, 15) is 0 Å². The molecule has 1 saturated carbocycles. The van der Waals surface area contributed by atoms with Crippen LogP contribution in [0, 0.1) is 0 Å². The van der Waals surface area contributed by atoms with Crippen LogP contribution in [-0.2, 0) is 0 Å². The molecule has 2 rings (SSSR count). The zero-order chi connectivity index (χ0) is 11.4. The molecule has 0 amide bonds. The van der Waals surface area contributed by atoms with Crippen LogP contribution in [0.5, 0.6) is 0 Å². The molecule has 0 unspecified atom stereocenters. The van der Waals surface area contributed by atoms with Crippen molar-refractivity contribution in [1.82, 2.24) is 9.97 Å². The van der Waals surface area contributed by atoms with Crippen LogP contribution in [-0.4, -0.2) is 40.8 Å². The van der Waals surface area contributed by atoms with Crippen molar-refractivity contribution in [2.24, 2.45) is 0 Å². The van der Waals surface area contributed by atoms with E-state index in [2.05, 4.69) is 20.2 Å². The van der Waals surface area contributed by atoms with Gasteiger partial charge in [-0.3, -0.25) is 0 Å². The minimum Gasteiger partial charge on any atom is -0.395 e. The molecule has 5 nitrogen and oxygen atoms in total. The van der Waals surface area contributed by atoms with Crippen molar-refractivity contribution in [3.8, 4) is 0 Å². The molecule has 16 heavy (non-hydrogen) atoms. The number of hydrogen-bond acceptors (Lipinski definition) is 5. The van der Waals surface area contributed by atoms with Gasteiger partial charge in [0.1, 0.15) is 5.82 Å². The predicted molar refractivity (Wildman–Crippen MR) is 63.6 cm³/mol. The number of aliphatic hydroxyl groups is 1. The lowest BCUT2D eigenvalue weighted by Crippen LogP contribution is -2.29. The fourth-order valence-electron chi connectivity index (χ4n) is 1.73. The molecule has 0 saturated heterocycles. The van der Waals surface area contributed by atoms with Crippen LogP contribution in [0.25, 0.3) is 0 Å². The fourth-order valence-corrected chi connectivity index (χ4v) is 1.73. The van der Waals surface area contributed by atoms with Gasteiger partial charge in [0.15, 0.2) is 0 Å². The Labute approximate surface area is 95.5 Å². The summed E-state index contributed by atoms with van der Waals surface area (Å²) in [7, 11) is 0. The number of aliphatic hydroxyl groups excluding tert-OH is 1. The lowest BCUT2D eigenvalue weighted by Gasteiger charge is -2.22. The molecule has 0 bridgehead atoms. The first-order valence-electron chi connectivity index (χ1n) is 5.79. The molecule has 1 aromatic rings. The van der Waals surface area contributed by atoms with E-state index in [4.69, 9.17) is 5.11 Å². The Morgan fingerprint density at radius 1 is 1.56 bits per heavy atom. The van der Waals surface area contributed by atoms with E-state index in [0.29, 0.717) is 18.5 Å². The Bertz CT molecular complexity index is 341. The van der Waals surface area contributed by atoms with Crippen LogP contribution in [0.15, 0.2) is 12.3 Å². The van der Waals surface area contributed by atoms with Crippen LogP contribution in [0.1, 0.15) is 19.8 Å². The molecule has 2 N–H and O–H groups in total. The second kappa shape index (κ2) is 5.12. The van der Waals surface area contributed by atoms with Crippen LogP contribution in [0.4, 0.5) is 11.8 Å². The van der Waals surface area contributed by atoms with Gasteiger partial charge in [-0.1, -0.05) is 0 Å². The highest BCUT2D eigenvalue weighted by molar-refractivity contribution is 5.44. The number of nitrogens with zero attached hydrogens (tertiary/aromatic N) is 3. The Hall–Kier alpha value is -1.36. The Balaban J connectivity index is 2.12. The smallest absolute Gasteiger partial charge is 0.224 e. The number of rotatable bonds is 6. The summed E-state index contributed by atoms with van der Waals surface area (Å²) in [4.78, 5) is 10.7. The summed E-state index contributed by atoms with van der Waals surface area (Å²) in [5, 5.41) is 12.1. The molecule has 0 spiro atoms. The fraction of sp³-hybridized carbons (Fsp3) is 0.636. The highest BCUT2D eigenvalue weighted by Crippen LogP contribution is 2.30. The molecule has 0 aromatic carbocycles. The maximum absolute atomic E-state index is 9.05. The minimum absolute atomic E-state index is 0.164. The van der Waals surface area contributed by atoms with Crippen LogP contribution in [0.2, 0.25) is 0 Å². The predicted octanol–water partition coefficient (Wildman–Crippen LogP) is 0.869. The quantitative estimate of drug-likeness (QED) is 0.748. The maximum Gasteiger partial charge on any atom is 0.224 e. The molecule has 0 radical (unpaired) electrons. The van der Waals surface area contributed by atoms with Gasteiger partial charge in [-0.25, -0.2) is 4.98 Å². The topological polar surface area (TPSA) is 61.3 Å². The zero-order valence-electron chi connectivity index (χ0n) is 9.56. The summed E-state index contributed by atoms with van der Waals surface area (Å²) in [5.41, 5.74) is 0. The third-order valence-electron chi connectivity index (χ3n) is 2.60. The van der Waals surface area contributed by atoms with E-state index in [-0.39, 0.29) is 6.61 Å². The molecule has 1 fully saturated rings. The summed E-state index contributed by atoms with van der Waals surface area (Å²) >= 11 is 0. The van der Waals surface area contributed by atoms with Gasteiger partial charge in [0.2, 0.25) is 5.95 Å². The van der Waals surface area contributed by atoms with E-state index in [1.807, 2.05) is 13.0 Å². The monoisotopic (exact) mass is 222 g/mol. The van der Waals surface area contributed by atoms with Crippen LogP contribution < -0.4 is 10.2 Å². The van der Waals surface area contributed by atoms with Gasteiger partial charge in [0.25, 0.3) is 0 Å². The van der Waals surface area contributed by atoms with E-state index < -0.39 is 0 Å². The Morgan fingerprint density at radius 3 is 3.00 bits per heavy atom. The first-order valence-corrected chi connectivity index (χ1v) is 5.79. The zero-order valence-corrected chi connectivity index (χ0v) is 9.56. The van der Waals surface area contributed by atoms with Crippen molar-refractivity contribution < 1.29 is 5.11 Å². The van der Waals surface area contributed by atoms with Crippen LogP contribution >= 0.6 is 0 Å². The van der Waals surface area contributed by atoms with Gasteiger partial charge >= 0.3 is 0 Å². The van der Waals surface area contributed by atoms with Gasteiger partial charge in [-0.15, -0.1) is 0 Å². The van der Waals surface area contributed by atoms with Crippen molar-refractivity contribution in [3.63, 3.8) is 0 Å². The van der Waals surface area contributed by atoms with Crippen molar-refractivity contribution in [1.29, 1.82) is 0 Å². The van der Waals surface area contributed by atoms with E-state index in [0.717, 1.165) is 12.4 Å². The van der Waals surface area contributed by atoms with Gasteiger partial charge in [-0.2, -0.15) is 4.98 Å². The van der Waals surface area contributed by atoms with Crippen molar-refractivity contribution in [2.45, 2.75) is 25.8 Å². The maximum atomic E-state index is 9.05. The highest BCUT2D eigenvalue weighted by Gasteiger charge is 2.29. The van der Waals surface area contributed by atoms with E-state index in [1.165, 1.54) is 12.8 Å². The van der Waals surface area contributed by atoms with Gasteiger partial charge < -0.3 is 15.3 Å². The highest BCUT2D eigenvalue weighted by atomic mass is 16.3. The number of anilines is 2. The molecule has 1 heterocycles. The first-order chi connectivity index (χ1) is 7.85. The average molecular weight is 222 g/mol. The molecular formula is C11H18N4O. The second-order valence-corrected chi connectivity index (χ2v) is 3.92. The van der Waals surface area contributed by atoms with Gasteiger partial charge in [0, 0.05) is 25.3 Å². The molecule has 88 valence electrons. The lowest BCUT2D eigenvalue weighted by atomic mass is 10.4. The summed E-state index contributed by atoms with van der Waals surface area (Å²) in [6, 6.07) is 2.45. The van der Waals surface area contributed by atoms with Crippen molar-refractivity contribution in [2.75, 3.05) is 29.9 Å². The number of nitrogens with one attached hydrogen (secondary N) is 1. The third-order valence-corrected chi connectivity index (χ3v) is 2.60. The molecule has 1 aliphatic carbocycles. The summed E-state index contributed by atoms with van der Waals surface area (Å²) in [6.45, 7) is 3.64.